The Morgan fingerprint density at radius 1 is 0.933 bits per heavy atom. The lowest BCUT2D eigenvalue weighted by Crippen LogP contribution is -2.06. The van der Waals surface area contributed by atoms with E-state index >= 15 is 0 Å². The highest BCUT2D eigenvalue weighted by atomic mass is 35.5. The third kappa shape index (κ3) is 2.21. The molecular formula is C11H10Cl2O2. The molecule has 0 aliphatic rings. The molecule has 0 N–H and O–H groups in total. The predicted molar refractivity (Wildman–Crippen MR) is 61.0 cm³/mol. The molecule has 0 aromatic heterocycles. The van der Waals surface area contributed by atoms with Gasteiger partial charge < -0.3 is 0 Å². The highest BCUT2D eigenvalue weighted by Crippen LogP contribution is 2.24. The lowest BCUT2D eigenvalue weighted by Gasteiger charge is -2.11. The largest absolute Gasteiger partial charge is 0.276 e. The molecule has 0 atom stereocenters. The highest BCUT2D eigenvalue weighted by Gasteiger charge is 2.18. The summed E-state index contributed by atoms with van der Waals surface area (Å²) in [4.78, 5) is 22.4. The molecule has 80 valence electrons. The first-order valence-electron chi connectivity index (χ1n) is 4.36. The van der Waals surface area contributed by atoms with Gasteiger partial charge in [-0.05, 0) is 60.7 Å². The van der Waals surface area contributed by atoms with Crippen molar-refractivity contribution < 1.29 is 9.59 Å². The van der Waals surface area contributed by atoms with Crippen molar-refractivity contribution in [1.29, 1.82) is 0 Å². The third-order valence-corrected chi connectivity index (χ3v) is 2.74. The van der Waals surface area contributed by atoms with Crippen LogP contribution in [-0.4, -0.2) is 10.5 Å². The van der Waals surface area contributed by atoms with Gasteiger partial charge in [-0.15, -0.1) is 0 Å². The van der Waals surface area contributed by atoms with Crippen LogP contribution >= 0.6 is 23.2 Å². The quantitative estimate of drug-likeness (QED) is 0.748. The van der Waals surface area contributed by atoms with Crippen LogP contribution in [0.15, 0.2) is 6.07 Å². The molecule has 1 rings (SSSR count). The van der Waals surface area contributed by atoms with Gasteiger partial charge in [0.25, 0.3) is 10.5 Å². The molecule has 1 aromatic carbocycles. The van der Waals surface area contributed by atoms with Crippen molar-refractivity contribution in [3.8, 4) is 0 Å². The Kier molecular flexibility index (Phi) is 3.53. The van der Waals surface area contributed by atoms with Gasteiger partial charge in [-0.2, -0.15) is 0 Å². The van der Waals surface area contributed by atoms with Crippen molar-refractivity contribution in [1.82, 2.24) is 0 Å². The number of benzene rings is 1. The number of halogens is 2. The van der Waals surface area contributed by atoms with Gasteiger partial charge in [0.1, 0.15) is 0 Å². The Hall–Kier alpha value is -0.860. The van der Waals surface area contributed by atoms with Crippen LogP contribution in [0.4, 0.5) is 0 Å². The number of rotatable bonds is 2. The molecule has 0 aliphatic carbocycles. The Bertz CT molecular complexity index is 412. The van der Waals surface area contributed by atoms with Gasteiger partial charge in [-0.25, -0.2) is 0 Å². The van der Waals surface area contributed by atoms with Crippen LogP contribution in [0, 0.1) is 20.8 Å². The number of carbonyl (C=O) groups is 2. The molecule has 0 heterocycles. The Labute approximate surface area is 98.2 Å². The summed E-state index contributed by atoms with van der Waals surface area (Å²) in [7, 11) is 0. The van der Waals surface area contributed by atoms with Crippen LogP contribution < -0.4 is 0 Å². The topological polar surface area (TPSA) is 34.1 Å². The van der Waals surface area contributed by atoms with E-state index in [1.54, 1.807) is 26.8 Å². The van der Waals surface area contributed by atoms with Gasteiger partial charge in [-0.3, -0.25) is 9.59 Å². The maximum atomic E-state index is 11.2. The standard InChI is InChI=1S/C11H10Cl2O2/c1-5-4-6(2)9(11(13)15)7(3)8(5)10(12)14/h4H,1-3H3. The minimum absolute atomic E-state index is 0.367. The number of hydrogen-bond donors (Lipinski definition) is 0. The average molecular weight is 245 g/mol. The van der Waals surface area contributed by atoms with Crippen molar-refractivity contribution in [2.24, 2.45) is 0 Å². The average Bonchev–Trinajstić information content (AvgIpc) is 1.99. The molecule has 1 aromatic rings. The maximum Gasteiger partial charge on any atom is 0.252 e. The van der Waals surface area contributed by atoms with E-state index in [2.05, 4.69) is 0 Å². The zero-order chi connectivity index (χ0) is 11.7. The van der Waals surface area contributed by atoms with E-state index in [1.807, 2.05) is 0 Å². The van der Waals surface area contributed by atoms with E-state index in [4.69, 9.17) is 23.2 Å². The molecule has 0 radical (unpaired) electrons. The van der Waals surface area contributed by atoms with Gasteiger partial charge in [0, 0.05) is 11.1 Å². The molecule has 2 nitrogen and oxygen atoms in total. The molecule has 15 heavy (non-hydrogen) atoms. The molecule has 0 unspecified atom stereocenters. The summed E-state index contributed by atoms with van der Waals surface area (Å²) in [5.74, 6) is 0. The van der Waals surface area contributed by atoms with Crippen LogP contribution in [0.3, 0.4) is 0 Å². The molecule has 0 amide bonds. The van der Waals surface area contributed by atoms with Crippen molar-refractivity contribution in [2.75, 3.05) is 0 Å². The summed E-state index contributed by atoms with van der Waals surface area (Å²) in [5, 5.41) is -1.13. The molecule has 0 fully saturated rings. The second-order valence-electron chi connectivity index (χ2n) is 3.43. The first kappa shape index (κ1) is 12.2. The maximum absolute atomic E-state index is 11.2. The van der Waals surface area contributed by atoms with Crippen LogP contribution in [-0.2, 0) is 0 Å². The monoisotopic (exact) mass is 244 g/mol. The van der Waals surface area contributed by atoms with Crippen LogP contribution in [0.1, 0.15) is 37.4 Å². The van der Waals surface area contributed by atoms with E-state index in [0.717, 1.165) is 11.1 Å². The summed E-state index contributed by atoms with van der Waals surface area (Å²) in [6, 6.07) is 1.73. The summed E-state index contributed by atoms with van der Waals surface area (Å²) >= 11 is 10.9. The lowest BCUT2D eigenvalue weighted by atomic mass is 9.95. The Balaban J connectivity index is 3.64. The van der Waals surface area contributed by atoms with Gasteiger partial charge in [0.2, 0.25) is 0 Å². The molecule has 0 aliphatic heterocycles. The van der Waals surface area contributed by atoms with E-state index in [9.17, 15) is 9.59 Å². The number of hydrogen-bond acceptors (Lipinski definition) is 2. The van der Waals surface area contributed by atoms with Gasteiger partial charge in [-0.1, -0.05) is 6.07 Å². The Morgan fingerprint density at radius 2 is 1.27 bits per heavy atom. The van der Waals surface area contributed by atoms with E-state index in [-0.39, 0.29) is 0 Å². The summed E-state index contributed by atoms with van der Waals surface area (Å²) in [6.45, 7) is 5.22. The zero-order valence-electron chi connectivity index (χ0n) is 8.65. The van der Waals surface area contributed by atoms with Crippen molar-refractivity contribution >= 4 is 33.7 Å². The first-order chi connectivity index (χ1) is 6.86. The summed E-state index contributed by atoms with van der Waals surface area (Å²) in [6.07, 6.45) is 0. The molecule has 4 heteroatoms. The van der Waals surface area contributed by atoms with Crippen molar-refractivity contribution in [2.45, 2.75) is 20.8 Å². The number of carbonyl (C=O) groups excluding carboxylic acids is 2. The normalized spacial score (nSPS) is 10.2. The van der Waals surface area contributed by atoms with Crippen LogP contribution in [0.5, 0.6) is 0 Å². The third-order valence-electron chi connectivity index (χ3n) is 2.36. The lowest BCUT2D eigenvalue weighted by molar-refractivity contribution is 0.107. The van der Waals surface area contributed by atoms with Gasteiger partial charge in [0.15, 0.2) is 0 Å². The molecular weight excluding hydrogens is 235 g/mol. The van der Waals surface area contributed by atoms with Gasteiger partial charge >= 0.3 is 0 Å². The highest BCUT2D eigenvalue weighted by molar-refractivity contribution is 6.69. The number of aryl methyl sites for hydroxylation is 2. The van der Waals surface area contributed by atoms with E-state index < -0.39 is 10.5 Å². The van der Waals surface area contributed by atoms with Crippen LogP contribution in [0.25, 0.3) is 0 Å². The van der Waals surface area contributed by atoms with Gasteiger partial charge in [0.05, 0.1) is 0 Å². The minimum atomic E-state index is -0.566. The zero-order valence-corrected chi connectivity index (χ0v) is 10.2. The van der Waals surface area contributed by atoms with E-state index in [0.29, 0.717) is 16.7 Å². The fourth-order valence-electron chi connectivity index (χ4n) is 1.79. The summed E-state index contributed by atoms with van der Waals surface area (Å²) in [5.41, 5.74) is 2.79. The smallest absolute Gasteiger partial charge is 0.252 e. The van der Waals surface area contributed by atoms with Crippen molar-refractivity contribution in [3.05, 3.63) is 33.9 Å². The van der Waals surface area contributed by atoms with E-state index in [1.165, 1.54) is 0 Å². The summed E-state index contributed by atoms with van der Waals surface area (Å²) < 4.78 is 0. The predicted octanol–water partition coefficient (Wildman–Crippen LogP) is 3.37. The second-order valence-corrected chi connectivity index (χ2v) is 4.12. The fraction of sp³-hybridized carbons (Fsp3) is 0.273. The molecule has 0 bridgehead atoms. The minimum Gasteiger partial charge on any atom is -0.276 e. The molecule has 0 saturated carbocycles. The fourth-order valence-corrected chi connectivity index (χ4v) is 2.37. The van der Waals surface area contributed by atoms with Crippen molar-refractivity contribution in [3.63, 3.8) is 0 Å². The molecule has 0 saturated heterocycles. The second kappa shape index (κ2) is 4.33. The molecule has 0 spiro atoms. The SMILES string of the molecule is Cc1cc(C)c(C(=O)Cl)c(C)c1C(=O)Cl. The Morgan fingerprint density at radius 3 is 1.53 bits per heavy atom. The first-order valence-corrected chi connectivity index (χ1v) is 5.12. The van der Waals surface area contributed by atoms with Crippen LogP contribution in [0.2, 0.25) is 0 Å².